The van der Waals surface area contributed by atoms with Gasteiger partial charge in [0.1, 0.15) is 6.04 Å². The number of nitrogens with one attached hydrogen (secondary N) is 2. The van der Waals surface area contributed by atoms with Gasteiger partial charge in [-0.2, -0.15) is 0 Å². The van der Waals surface area contributed by atoms with Crippen molar-refractivity contribution in [2.75, 3.05) is 5.32 Å². The van der Waals surface area contributed by atoms with Gasteiger partial charge in [-0.15, -0.1) is 0 Å². The lowest BCUT2D eigenvalue weighted by Crippen LogP contribution is -2.37. The molecule has 0 aromatic heterocycles. The van der Waals surface area contributed by atoms with E-state index in [-0.39, 0.29) is 11.9 Å². The van der Waals surface area contributed by atoms with E-state index in [0.29, 0.717) is 6.04 Å². The Morgan fingerprint density at radius 1 is 1.22 bits per heavy atom. The van der Waals surface area contributed by atoms with E-state index in [1.54, 1.807) is 0 Å². The maximum atomic E-state index is 12.0. The van der Waals surface area contributed by atoms with E-state index in [9.17, 15) is 4.79 Å². The number of benzene rings is 1. The van der Waals surface area contributed by atoms with Crippen molar-refractivity contribution in [3.8, 4) is 0 Å². The number of hydrogen-bond donors (Lipinski definition) is 2. The molecule has 1 atom stereocenters. The molecule has 1 saturated carbocycles. The summed E-state index contributed by atoms with van der Waals surface area (Å²) in [7, 11) is 0. The predicted octanol–water partition coefficient (Wildman–Crippen LogP) is 3.36. The summed E-state index contributed by atoms with van der Waals surface area (Å²) in [6.45, 7) is 0. The van der Waals surface area contributed by atoms with E-state index in [2.05, 4.69) is 26.6 Å². The lowest BCUT2D eigenvalue weighted by molar-refractivity contribution is -0.117. The van der Waals surface area contributed by atoms with Crippen LogP contribution in [0, 0.1) is 0 Å². The Morgan fingerprint density at radius 2 is 2.00 bits per heavy atom. The van der Waals surface area contributed by atoms with Gasteiger partial charge in [-0.1, -0.05) is 35.2 Å². The molecule has 0 saturated heterocycles. The summed E-state index contributed by atoms with van der Waals surface area (Å²) in [4.78, 5) is 12.0. The fourth-order valence-corrected chi connectivity index (χ4v) is 3.28. The lowest BCUT2D eigenvalue weighted by atomic mass is 9.94. The maximum Gasteiger partial charge on any atom is 0.246 e. The topological polar surface area (TPSA) is 41.1 Å². The fourth-order valence-electron chi connectivity index (χ4n) is 2.90. The standard InChI is InChI=1S/C14H17BrN2O/c15-9-6-7-12-11(8-9)13(14(18)17-12)16-10-4-2-1-3-5-10/h6-8,10,13,16H,1-5H2,(H,17,18). The van der Waals surface area contributed by atoms with Gasteiger partial charge in [-0.3, -0.25) is 10.1 Å². The van der Waals surface area contributed by atoms with Gasteiger partial charge in [0.15, 0.2) is 0 Å². The summed E-state index contributed by atoms with van der Waals surface area (Å²) < 4.78 is 1.02. The summed E-state index contributed by atoms with van der Waals surface area (Å²) in [6, 6.07) is 6.26. The van der Waals surface area contributed by atoms with Crippen molar-refractivity contribution in [3.63, 3.8) is 0 Å². The van der Waals surface area contributed by atoms with E-state index in [4.69, 9.17) is 0 Å². The highest BCUT2D eigenvalue weighted by molar-refractivity contribution is 9.10. The van der Waals surface area contributed by atoms with Crippen LogP contribution in [-0.4, -0.2) is 11.9 Å². The number of anilines is 1. The number of carbonyl (C=O) groups excluding carboxylic acids is 1. The molecular weight excluding hydrogens is 292 g/mol. The van der Waals surface area contributed by atoms with Crippen molar-refractivity contribution in [1.82, 2.24) is 5.32 Å². The van der Waals surface area contributed by atoms with Crippen LogP contribution in [0.4, 0.5) is 5.69 Å². The molecule has 2 N–H and O–H groups in total. The molecule has 1 heterocycles. The van der Waals surface area contributed by atoms with Crippen LogP contribution in [-0.2, 0) is 4.79 Å². The average Bonchev–Trinajstić information content (AvgIpc) is 2.67. The molecule has 1 aromatic carbocycles. The first kappa shape index (κ1) is 12.2. The monoisotopic (exact) mass is 308 g/mol. The van der Waals surface area contributed by atoms with Crippen LogP contribution >= 0.6 is 15.9 Å². The first-order valence-corrected chi connectivity index (χ1v) is 7.40. The zero-order valence-corrected chi connectivity index (χ0v) is 11.8. The Morgan fingerprint density at radius 3 is 2.78 bits per heavy atom. The second kappa shape index (κ2) is 5.02. The molecule has 0 radical (unpaired) electrons. The minimum Gasteiger partial charge on any atom is -0.324 e. The summed E-state index contributed by atoms with van der Waals surface area (Å²) in [5.74, 6) is 0.0775. The van der Waals surface area contributed by atoms with Gasteiger partial charge in [-0.05, 0) is 31.0 Å². The quantitative estimate of drug-likeness (QED) is 0.879. The third kappa shape index (κ3) is 2.31. The number of halogens is 1. The van der Waals surface area contributed by atoms with Crippen LogP contribution in [0.25, 0.3) is 0 Å². The van der Waals surface area contributed by atoms with Crippen LogP contribution in [0.5, 0.6) is 0 Å². The predicted molar refractivity (Wildman–Crippen MR) is 75.5 cm³/mol. The molecule has 3 rings (SSSR count). The SMILES string of the molecule is O=C1Nc2ccc(Br)cc2C1NC1CCCCC1. The highest BCUT2D eigenvalue weighted by Crippen LogP contribution is 2.34. The molecule has 3 nitrogen and oxygen atoms in total. The number of rotatable bonds is 2. The van der Waals surface area contributed by atoms with Crippen molar-refractivity contribution in [1.29, 1.82) is 0 Å². The van der Waals surface area contributed by atoms with Crippen molar-refractivity contribution in [2.24, 2.45) is 0 Å². The molecule has 1 aliphatic heterocycles. The smallest absolute Gasteiger partial charge is 0.246 e. The van der Waals surface area contributed by atoms with Gasteiger partial charge in [-0.25, -0.2) is 0 Å². The van der Waals surface area contributed by atoms with Crippen LogP contribution in [0.2, 0.25) is 0 Å². The molecule has 0 spiro atoms. The normalized spacial score (nSPS) is 23.8. The lowest BCUT2D eigenvalue weighted by Gasteiger charge is -2.25. The molecule has 2 aliphatic rings. The molecular formula is C14H17BrN2O. The van der Waals surface area contributed by atoms with Crippen LogP contribution in [0.15, 0.2) is 22.7 Å². The first-order chi connectivity index (χ1) is 8.74. The second-order valence-electron chi connectivity index (χ2n) is 5.16. The van der Waals surface area contributed by atoms with Gasteiger partial charge < -0.3 is 5.32 Å². The molecule has 1 fully saturated rings. The van der Waals surface area contributed by atoms with Crippen LogP contribution in [0.1, 0.15) is 43.7 Å². The van der Waals surface area contributed by atoms with Gasteiger partial charge in [0, 0.05) is 21.8 Å². The zero-order chi connectivity index (χ0) is 12.5. The number of fused-ring (bicyclic) bond motifs is 1. The Balaban J connectivity index is 1.80. The highest BCUT2D eigenvalue weighted by Gasteiger charge is 2.32. The first-order valence-electron chi connectivity index (χ1n) is 6.60. The molecule has 1 aromatic rings. The molecule has 0 bridgehead atoms. The Hall–Kier alpha value is -0.870. The van der Waals surface area contributed by atoms with Gasteiger partial charge in [0.2, 0.25) is 5.91 Å². The van der Waals surface area contributed by atoms with E-state index in [0.717, 1.165) is 15.7 Å². The fraction of sp³-hybridized carbons (Fsp3) is 0.500. The summed E-state index contributed by atoms with van der Waals surface area (Å²) in [5.41, 5.74) is 2.01. The number of carbonyl (C=O) groups is 1. The van der Waals surface area contributed by atoms with Crippen LogP contribution in [0.3, 0.4) is 0 Å². The molecule has 4 heteroatoms. The minimum atomic E-state index is -0.180. The number of hydrogen-bond acceptors (Lipinski definition) is 2. The molecule has 1 aliphatic carbocycles. The largest absolute Gasteiger partial charge is 0.324 e. The molecule has 1 unspecified atom stereocenters. The molecule has 18 heavy (non-hydrogen) atoms. The Labute approximate surface area is 115 Å². The van der Waals surface area contributed by atoms with E-state index in [1.165, 1.54) is 32.1 Å². The van der Waals surface area contributed by atoms with E-state index < -0.39 is 0 Å². The van der Waals surface area contributed by atoms with Crippen molar-refractivity contribution in [2.45, 2.75) is 44.2 Å². The van der Waals surface area contributed by atoms with Gasteiger partial charge >= 0.3 is 0 Å². The summed E-state index contributed by atoms with van der Waals surface area (Å²) in [5, 5.41) is 6.46. The Bertz CT molecular complexity index is 469. The average molecular weight is 309 g/mol. The minimum absolute atomic E-state index is 0.0775. The zero-order valence-electron chi connectivity index (χ0n) is 10.2. The van der Waals surface area contributed by atoms with Gasteiger partial charge in [0.05, 0.1) is 0 Å². The van der Waals surface area contributed by atoms with Crippen molar-refractivity contribution < 1.29 is 4.79 Å². The third-order valence-electron chi connectivity index (χ3n) is 3.85. The molecule has 96 valence electrons. The van der Waals surface area contributed by atoms with E-state index >= 15 is 0 Å². The number of amides is 1. The highest BCUT2D eigenvalue weighted by atomic mass is 79.9. The summed E-state index contributed by atoms with van der Waals surface area (Å²) in [6.07, 6.45) is 6.26. The Kier molecular flexibility index (Phi) is 3.39. The van der Waals surface area contributed by atoms with Crippen molar-refractivity contribution >= 4 is 27.5 Å². The second-order valence-corrected chi connectivity index (χ2v) is 6.07. The maximum absolute atomic E-state index is 12.0. The third-order valence-corrected chi connectivity index (χ3v) is 4.35. The van der Waals surface area contributed by atoms with Gasteiger partial charge in [0.25, 0.3) is 0 Å². The van der Waals surface area contributed by atoms with Crippen molar-refractivity contribution in [3.05, 3.63) is 28.2 Å². The summed E-state index contributed by atoms with van der Waals surface area (Å²) >= 11 is 3.47. The van der Waals surface area contributed by atoms with Crippen LogP contribution < -0.4 is 10.6 Å². The molecule has 1 amide bonds. The van der Waals surface area contributed by atoms with E-state index in [1.807, 2.05) is 18.2 Å².